The SMILES string of the molecule is CCCC/C=C\CCCCCCCC(=O)OC(COC(=O)CCCCCCC/C=C\C/C=C\CCCCC)COP(=O)(O)OCC(O)COP(=O)(O)OCC(COC(=O)CCCCCCCC/C=C\C/C=C\C/C=C\CCCCC)OC(=O)CCCCCCCCCCCCCCC. The zero-order chi connectivity index (χ0) is 71.8. The smallest absolute Gasteiger partial charge is 0.462 e. The predicted octanol–water partition coefficient (Wildman–Crippen LogP) is 22.4. The quantitative estimate of drug-likeness (QED) is 0.0169. The zero-order valence-electron chi connectivity index (χ0n) is 62.2. The first kappa shape index (κ1) is 94.5. The van der Waals surface area contributed by atoms with E-state index in [4.69, 9.17) is 37.0 Å². The Kier molecular flexibility index (Phi) is 69.3. The van der Waals surface area contributed by atoms with Crippen LogP contribution in [0.25, 0.3) is 0 Å². The number of aliphatic hydroxyl groups excluding tert-OH is 1. The highest BCUT2D eigenvalue weighted by molar-refractivity contribution is 7.47. The van der Waals surface area contributed by atoms with E-state index < -0.39 is 97.5 Å². The van der Waals surface area contributed by atoms with E-state index in [-0.39, 0.29) is 25.7 Å². The zero-order valence-corrected chi connectivity index (χ0v) is 64.0. The van der Waals surface area contributed by atoms with Crippen LogP contribution in [0.15, 0.2) is 72.9 Å². The highest BCUT2D eigenvalue weighted by Crippen LogP contribution is 2.45. The summed E-state index contributed by atoms with van der Waals surface area (Å²) in [4.78, 5) is 72.8. The molecule has 0 radical (unpaired) electrons. The number of phosphoric acid groups is 2. The van der Waals surface area contributed by atoms with Crippen molar-refractivity contribution in [1.29, 1.82) is 0 Å². The maximum absolute atomic E-state index is 13.1. The number of hydrogen-bond acceptors (Lipinski definition) is 15. The maximum atomic E-state index is 13.1. The van der Waals surface area contributed by atoms with Crippen LogP contribution in [0.5, 0.6) is 0 Å². The Hall–Kier alpha value is -3.50. The second-order valence-electron chi connectivity index (χ2n) is 26.3. The Morgan fingerprint density at radius 2 is 0.510 bits per heavy atom. The summed E-state index contributed by atoms with van der Waals surface area (Å²) in [5, 5.41) is 10.6. The van der Waals surface area contributed by atoms with Gasteiger partial charge in [-0.1, -0.05) is 280 Å². The van der Waals surface area contributed by atoms with E-state index in [0.29, 0.717) is 25.7 Å². The van der Waals surface area contributed by atoms with Crippen molar-refractivity contribution in [2.45, 2.75) is 367 Å². The second-order valence-corrected chi connectivity index (χ2v) is 29.2. The van der Waals surface area contributed by atoms with Crippen LogP contribution >= 0.6 is 15.6 Å². The van der Waals surface area contributed by atoms with Gasteiger partial charge in [-0.05, 0) is 116 Å². The van der Waals surface area contributed by atoms with Gasteiger partial charge in [0.25, 0.3) is 0 Å². The van der Waals surface area contributed by atoms with Crippen molar-refractivity contribution in [2.75, 3.05) is 39.6 Å². The van der Waals surface area contributed by atoms with Gasteiger partial charge < -0.3 is 33.8 Å². The normalized spacial score (nSPS) is 14.3. The monoisotopic (exact) mass is 1420 g/mol. The highest BCUT2D eigenvalue weighted by Gasteiger charge is 2.30. The van der Waals surface area contributed by atoms with E-state index in [2.05, 4.69) is 101 Å². The van der Waals surface area contributed by atoms with E-state index in [1.54, 1.807) is 0 Å². The molecule has 0 fully saturated rings. The van der Waals surface area contributed by atoms with Gasteiger partial charge in [0.05, 0.1) is 26.4 Å². The molecule has 17 nitrogen and oxygen atoms in total. The molecule has 0 heterocycles. The van der Waals surface area contributed by atoms with Crippen molar-refractivity contribution in [3.05, 3.63) is 72.9 Å². The number of phosphoric ester groups is 2. The average Bonchev–Trinajstić information content (AvgIpc) is 0.973. The largest absolute Gasteiger partial charge is 0.472 e. The predicted molar refractivity (Wildman–Crippen MR) is 400 cm³/mol. The molecule has 5 atom stereocenters. The first-order valence-electron chi connectivity index (χ1n) is 39.2. The van der Waals surface area contributed by atoms with Gasteiger partial charge in [-0.3, -0.25) is 37.3 Å². The number of aliphatic hydroxyl groups is 1. The summed E-state index contributed by atoms with van der Waals surface area (Å²) in [7, 11) is -9.94. The lowest BCUT2D eigenvalue weighted by Gasteiger charge is -2.21. The summed E-state index contributed by atoms with van der Waals surface area (Å²) in [6.45, 7) is 4.79. The average molecular weight is 1430 g/mol. The van der Waals surface area contributed by atoms with Gasteiger partial charge in [-0.2, -0.15) is 0 Å². The minimum Gasteiger partial charge on any atom is -0.462 e. The van der Waals surface area contributed by atoms with Crippen LogP contribution in [0.2, 0.25) is 0 Å². The Bertz CT molecular complexity index is 2140. The fourth-order valence-electron chi connectivity index (χ4n) is 10.6. The van der Waals surface area contributed by atoms with E-state index in [9.17, 15) is 43.2 Å². The van der Waals surface area contributed by atoms with Crippen LogP contribution in [0.4, 0.5) is 0 Å². The molecule has 19 heteroatoms. The number of carbonyl (C=O) groups is 4. The van der Waals surface area contributed by atoms with E-state index in [1.165, 1.54) is 103 Å². The molecule has 0 aromatic heterocycles. The van der Waals surface area contributed by atoms with Gasteiger partial charge in [-0.25, -0.2) is 9.13 Å². The van der Waals surface area contributed by atoms with E-state index in [1.807, 2.05) is 0 Å². The van der Waals surface area contributed by atoms with Crippen molar-refractivity contribution in [1.82, 2.24) is 0 Å². The molecule has 5 unspecified atom stereocenters. The number of ether oxygens (including phenoxy) is 4. The van der Waals surface area contributed by atoms with Crippen molar-refractivity contribution in [2.24, 2.45) is 0 Å². The van der Waals surface area contributed by atoms with Crippen LogP contribution in [0.3, 0.4) is 0 Å². The number of hydrogen-bond donors (Lipinski definition) is 3. The van der Waals surface area contributed by atoms with Crippen molar-refractivity contribution in [3.8, 4) is 0 Å². The molecule has 0 aliphatic carbocycles. The van der Waals surface area contributed by atoms with Crippen molar-refractivity contribution >= 4 is 39.5 Å². The van der Waals surface area contributed by atoms with E-state index in [0.717, 1.165) is 167 Å². The molecule has 0 aliphatic rings. The van der Waals surface area contributed by atoms with Gasteiger partial charge in [0.2, 0.25) is 0 Å². The number of carbonyl (C=O) groups excluding carboxylic acids is 4. The van der Waals surface area contributed by atoms with Crippen molar-refractivity contribution < 1.29 is 80.2 Å². The first-order chi connectivity index (χ1) is 47.7. The Labute approximate surface area is 596 Å². The van der Waals surface area contributed by atoms with Crippen LogP contribution in [0.1, 0.15) is 349 Å². The van der Waals surface area contributed by atoms with Crippen LogP contribution in [0, 0.1) is 0 Å². The second kappa shape index (κ2) is 71.9. The van der Waals surface area contributed by atoms with Crippen LogP contribution < -0.4 is 0 Å². The Morgan fingerprint density at radius 3 is 0.827 bits per heavy atom. The fourth-order valence-corrected chi connectivity index (χ4v) is 12.2. The number of esters is 4. The molecule has 0 rings (SSSR count). The molecule has 0 aromatic rings. The minimum atomic E-state index is -4.97. The van der Waals surface area contributed by atoms with Gasteiger partial charge in [0.1, 0.15) is 19.3 Å². The van der Waals surface area contributed by atoms with Crippen LogP contribution in [-0.4, -0.2) is 96.7 Å². The first-order valence-corrected chi connectivity index (χ1v) is 42.2. The molecule has 0 amide bonds. The van der Waals surface area contributed by atoms with Gasteiger partial charge >= 0.3 is 39.5 Å². The highest BCUT2D eigenvalue weighted by atomic mass is 31.2. The summed E-state index contributed by atoms with van der Waals surface area (Å²) in [5.74, 6) is -2.19. The summed E-state index contributed by atoms with van der Waals surface area (Å²) in [6, 6.07) is 0. The molecule has 0 saturated heterocycles. The Morgan fingerprint density at radius 1 is 0.286 bits per heavy atom. The summed E-state index contributed by atoms with van der Waals surface area (Å²) >= 11 is 0. The topological polar surface area (TPSA) is 237 Å². The molecular weight excluding hydrogens is 1280 g/mol. The maximum Gasteiger partial charge on any atom is 0.472 e. The lowest BCUT2D eigenvalue weighted by Crippen LogP contribution is -2.30. The molecule has 570 valence electrons. The molecule has 0 aromatic carbocycles. The molecule has 0 saturated carbocycles. The third kappa shape index (κ3) is 70.9. The molecule has 98 heavy (non-hydrogen) atoms. The lowest BCUT2D eigenvalue weighted by molar-refractivity contribution is -0.161. The third-order valence-corrected chi connectivity index (χ3v) is 18.5. The lowest BCUT2D eigenvalue weighted by atomic mass is 10.0. The number of allylic oxidation sites excluding steroid dienone is 12. The number of unbranched alkanes of at least 4 members (excludes halogenated alkanes) is 36. The standard InChI is InChI=1S/C79H142O17P2/c1-5-9-13-17-21-25-29-32-34-35-36-37-39-42-45-48-52-56-60-64-77(82)90-70-75(96-79(84)66-62-58-54-50-46-40-31-27-23-19-15-11-7-3)72-94-98(87,88)92-68-73(80)67-91-97(85,86)93-71-74(95-78(83)65-61-57-53-49-43-28-24-20-16-12-8-4)69-89-76(81)63-59-55-51-47-44-41-38-33-30-26-22-18-14-10-6-2/h20-22,24-26,32-34,36-38,73-75,80H,5-19,23,27-31,35,39-72H2,1-4H3,(H,85,86)(H,87,88)/b24-20-,25-21-,26-22-,34-32-,37-36-,38-33-. The van der Waals surface area contributed by atoms with E-state index >= 15 is 0 Å². The number of rotatable bonds is 74. The third-order valence-electron chi connectivity index (χ3n) is 16.6. The summed E-state index contributed by atoms with van der Waals surface area (Å²) in [5.41, 5.74) is 0. The van der Waals surface area contributed by atoms with Gasteiger partial charge in [0, 0.05) is 25.7 Å². The molecule has 0 spiro atoms. The molecular formula is C79H142O17P2. The minimum absolute atomic E-state index is 0.0839. The molecule has 0 bridgehead atoms. The van der Waals surface area contributed by atoms with Crippen LogP contribution in [-0.2, 0) is 65.4 Å². The van der Waals surface area contributed by atoms with Gasteiger partial charge in [-0.15, -0.1) is 0 Å². The van der Waals surface area contributed by atoms with Crippen molar-refractivity contribution in [3.63, 3.8) is 0 Å². The molecule has 3 N–H and O–H groups in total. The summed E-state index contributed by atoms with van der Waals surface area (Å²) in [6.07, 6.45) is 71.7. The fraction of sp³-hybridized carbons (Fsp3) is 0.797. The Balaban J connectivity index is 5.30. The van der Waals surface area contributed by atoms with Gasteiger partial charge in [0.15, 0.2) is 12.2 Å². The molecule has 0 aliphatic heterocycles. The summed E-state index contributed by atoms with van der Waals surface area (Å²) < 4.78 is 68.5.